The monoisotopic (exact) mass is 732 g/mol. The number of para-hydroxylation sites is 3. The molecule has 0 saturated carbocycles. The molecule has 0 amide bonds. The Balaban J connectivity index is 1.28. The summed E-state index contributed by atoms with van der Waals surface area (Å²) in [5.74, 6) is 0.0917. The van der Waals surface area contributed by atoms with Crippen molar-refractivity contribution < 1.29 is 5.11 Å². The number of hydrogen-bond donors (Lipinski definition) is 1. The summed E-state index contributed by atoms with van der Waals surface area (Å²) in [5.41, 5.74) is 10.2. The van der Waals surface area contributed by atoms with Crippen LogP contribution >= 0.6 is 0 Å². The molecular formula is C47H25B9N2O. The topological polar surface area (TPSA) is 38.0 Å². The van der Waals surface area contributed by atoms with Crippen LogP contribution < -0.4 is 27.3 Å². The van der Waals surface area contributed by atoms with Crippen LogP contribution in [0, 0.1) is 0 Å². The van der Waals surface area contributed by atoms with E-state index in [1.54, 1.807) is 4.57 Å². The highest BCUT2D eigenvalue weighted by molar-refractivity contribution is 6.69. The van der Waals surface area contributed by atoms with Crippen molar-refractivity contribution in [2.45, 2.75) is 10.6 Å². The quantitative estimate of drug-likeness (QED) is 0.202. The van der Waals surface area contributed by atoms with Crippen LogP contribution in [0.3, 0.4) is 0 Å². The summed E-state index contributed by atoms with van der Waals surface area (Å²) in [6, 6.07) is 48.3. The lowest BCUT2D eigenvalue weighted by molar-refractivity contribution is 0.189. The van der Waals surface area contributed by atoms with Crippen LogP contribution in [0.4, 0.5) is 0 Å². The first-order valence-corrected chi connectivity index (χ1v) is 18.9. The maximum absolute atomic E-state index is 10.7. The van der Waals surface area contributed by atoms with Crippen molar-refractivity contribution in [1.82, 2.24) is 9.55 Å². The molecule has 1 aromatic heterocycles. The third-order valence-electron chi connectivity index (χ3n) is 11.3. The molecule has 0 fully saturated rings. The van der Waals surface area contributed by atoms with Gasteiger partial charge in [-0.2, -0.15) is 0 Å². The summed E-state index contributed by atoms with van der Waals surface area (Å²) >= 11 is 0. The fourth-order valence-corrected chi connectivity index (χ4v) is 8.14. The first-order valence-electron chi connectivity index (χ1n) is 18.9. The summed E-state index contributed by atoms with van der Waals surface area (Å²) < 4.78 is 1.79. The standard InChI is InChI=1S/C47H25B9N2O/c48-40-39(41(49)43(51)44(52)42(40)50)38-31-14-5-4-13-30(31)37(32-23-22-28(24-33(32)38)25-10-2-1-3-11-25)27-20-18-26(19-21-27)29-12-6-8-16-35(29)58-36-17-9-7-15-34(36)57-45(58)46(53,54)47(55,56)59/h1-24,59H. The van der Waals surface area contributed by atoms with Crippen molar-refractivity contribution >= 4 is 131 Å². The van der Waals surface area contributed by atoms with Gasteiger partial charge in [-0.15, -0.1) is 16.4 Å². The SMILES string of the molecule is [B]c1c([B])c([B])c(-c2c3ccccc3c(-c3ccc(-c4ccccc4-n4c(C([B])([B])C([B])([B])O)nc5ccccc54)cc3)c3ccc(-c4ccccc4)cc23)c([B])c1[B]. The van der Waals surface area contributed by atoms with Gasteiger partial charge in [-0.1, -0.05) is 132 Å². The maximum Gasteiger partial charge on any atom is 0.113 e. The molecule has 9 rings (SSSR count). The zero-order valence-corrected chi connectivity index (χ0v) is 31.9. The van der Waals surface area contributed by atoms with Crippen LogP contribution in [0.25, 0.3) is 82.8 Å². The Morgan fingerprint density at radius 3 is 1.64 bits per heavy atom. The molecule has 9 aromatic rings. The van der Waals surface area contributed by atoms with Crippen LogP contribution in [0.1, 0.15) is 5.82 Å². The van der Waals surface area contributed by atoms with Gasteiger partial charge in [0.15, 0.2) is 0 Å². The van der Waals surface area contributed by atoms with Gasteiger partial charge >= 0.3 is 0 Å². The molecule has 59 heavy (non-hydrogen) atoms. The van der Waals surface area contributed by atoms with Gasteiger partial charge in [0.25, 0.3) is 0 Å². The van der Waals surface area contributed by atoms with Gasteiger partial charge in [0.05, 0.1) is 48.1 Å². The van der Waals surface area contributed by atoms with Crippen molar-refractivity contribution in [3.63, 3.8) is 0 Å². The molecule has 1 N–H and O–H groups in total. The van der Waals surface area contributed by atoms with E-state index >= 15 is 0 Å². The third kappa shape index (κ3) is 6.27. The van der Waals surface area contributed by atoms with Gasteiger partial charge in [0.1, 0.15) is 45.1 Å². The highest BCUT2D eigenvalue weighted by atomic mass is 16.3. The molecule has 3 nitrogen and oxygen atoms in total. The van der Waals surface area contributed by atoms with E-state index < -0.39 is 10.6 Å². The Kier molecular flexibility index (Phi) is 9.56. The number of aromatic nitrogens is 2. The van der Waals surface area contributed by atoms with Crippen molar-refractivity contribution in [2.24, 2.45) is 0 Å². The number of rotatable bonds is 7. The fraction of sp³-hybridized carbons (Fsp3) is 0.0426. The van der Waals surface area contributed by atoms with Crippen molar-refractivity contribution in [1.29, 1.82) is 0 Å². The van der Waals surface area contributed by atoms with Crippen molar-refractivity contribution in [3.8, 4) is 50.2 Å². The highest BCUT2D eigenvalue weighted by Crippen LogP contribution is 2.45. The minimum absolute atomic E-state index is 0.0917. The summed E-state index contributed by atoms with van der Waals surface area (Å²) in [6.45, 7) is 0. The lowest BCUT2D eigenvalue weighted by Crippen LogP contribution is -2.55. The Bertz CT molecular complexity index is 3090. The number of imidazole rings is 1. The number of aliphatic hydroxyl groups is 1. The van der Waals surface area contributed by atoms with Crippen LogP contribution in [-0.2, 0) is 5.21 Å². The van der Waals surface area contributed by atoms with E-state index in [9.17, 15) is 5.11 Å². The second-order valence-corrected chi connectivity index (χ2v) is 14.9. The minimum Gasteiger partial charge on any atom is -0.410 e. The summed E-state index contributed by atoms with van der Waals surface area (Å²) in [7, 11) is 57.6. The molecule has 0 aliphatic carbocycles. The minimum atomic E-state index is -2.49. The lowest BCUT2D eigenvalue weighted by Gasteiger charge is -2.39. The highest BCUT2D eigenvalue weighted by Gasteiger charge is 2.39. The fourth-order valence-electron chi connectivity index (χ4n) is 8.14. The third-order valence-corrected chi connectivity index (χ3v) is 11.3. The average Bonchev–Trinajstić information content (AvgIpc) is 3.65. The van der Waals surface area contributed by atoms with Crippen LogP contribution in [0.15, 0.2) is 146 Å². The van der Waals surface area contributed by atoms with E-state index in [0.29, 0.717) is 22.3 Å². The van der Waals surface area contributed by atoms with Gasteiger partial charge in [-0.05, 0) is 95.4 Å². The van der Waals surface area contributed by atoms with E-state index in [2.05, 4.69) is 66.7 Å². The first kappa shape index (κ1) is 38.8. The Morgan fingerprint density at radius 2 is 0.966 bits per heavy atom. The van der Waals surface area contributed by atoms with Gasteiger partial charge < -0.3 is 5.11 Å². The number of fused-ring (bicyclic) bond motifs is 3. The van der Waals surface area contributed by atoms with Crippen molar-refractivity contribution in [2.75, 3.05) is 0 Å². The van der Waals surface area contributed by atoms with Gasteiger partial charge in [-0.3, -0.25) is 4.57 Å². The molecule has 12 heteroatoms. The molecule has 0 unspecified atom stereocenters. The number of nitrogens with zero attached hydrogens (tertiary/aromatic N) is 2. The van der Waals surface area contributed by atoms with E-state index in [4.69, 9.17) is 75.6 Å². The number of hydrogen-bond acceptors (Lipinski definition) is 2. The summed E-state index contributed by atoms with van der Waals surface area (Å²) in [6.07, 6.45) is 0. The van der Waals surface area contributed by atoms with E-state index in [0.717, 1.165) is 60.5 Å². The Hall–Kier alpha value is -5.71. The Labute approximate surface area is 355 Å². The molecule has 0 atom stereocenters. The van der Waals surface area contributed by atoms with Gasteiger partial charge in [0, 0.05) is 5.56 Å². The number of benzene rings is 8. The second kappa shape index (κ2) is 14.5. The molecule has 0 bridgehead atoms. The molecule has 0 aliphatic rings. The zero-order valence-electron chi connectivity index (χ0n) is 31.9. The molecule has 0 spiro atoms. The van der Waals surface area contributed by atoms with Gasteiger partial charge in [-0.25, -0.2) is 4.98 Å². The average molecular weight is 731 g/mol. The maximum atomic E-state index is 10.7. The molecule has 1 heterocycles. The molecule has 0 aliphatic heterocycles. The van der Waals surface area contributed by atoms with E-state index in [-0.39, 0.29) is 33.1 Å². The van der Waals surface area contributed by atoms with Crippen LogP contribution in [-0.4, -0.2) is 90.7 Å². The predicted octanol–water partition coefficient (Wildman–Crippen LogP) is 3.44. The summed E-state index contributed by atoms with van der Waals surface area (Å²) in [4.78, 5) is 4.71. The Morgan fingerprint density at radius 1 is 0.441 bits per heavy atom. The van der Waals surface area contributed by atoms with Gasteiger partial charge in [0.2, 0.25) is 0 Å². The molecule has 18 radical (unpaired) electrons. The van der Waals surface area contributed by atoms with Crippen LogP contribution in [0.2, 0.25) is 0 Å². The normalized spacial score (nSPS) is 12.1. The van der Waals surface area contributed by atoms with E-state index in [1.165, 1.54) is 0 Å². The molecule has 8 aromatic carbocycles. The lowest BCUT2D eigenvalue weighted by atomic mass is 9.35. The second-order valence-electron chi connectivity index (χ2n) is 14.9. The van der Waals surface area contributed by atoms with Crippen molar-refractivity contribution in [3.05, 3.63) is 151 Å². The molecule has 0 saturated heterocycles. The van der Waals surface area contributed by atoms with Crippen LogP contribution in [0.5, 0.6) is 0 Å². The summed E-state index contributed by atoms with van der Waals surface area (Å²) in [5, 5.41) is 9.84. The van der Waals surface area contributed by atoms with E-state index in [1.807, 2.05) is 78.9 Å². The smallest absolute Gasteiger partial charge is 0.113 e. The largest absolute Gasteiger partial charge is 0.410 e. The zero-order chi connectivity index (χ0) is 41.4. The molecular weight excluding hydrogens is 706 g/mol. The predicted molar refractivity (Wildman–Crippen MR) is 254 cm³/mol. The molecule has 256 valence electrons. The first-order chi connectivity index (χ1) is 28.3.